The Kier molecular flexibility index (Phi) is 3.96. The van der Waals surface area contributed by atoms with E-state index in [1.54, 1.807) is 13.0 Å². The van der Waals surface area contributed by atoms with Crippen molar-refractivity contribution in [1.29, 1.82) is 0 Å². The number of nitrogens with two attached hydrogens (primary N) is 1. The Balaban J connectivity index is 2.66. The number of hydrogen-bond acceptors (Lipinski definition) is 4. The smallest absolute Gasteiger partial charge is 0.102 e. The van der Waals surface area contributed by atoms with Crippen LogP contribution in [-0.2, 0) is 0 Å². The maximum Gasteiger partial charge on any atom is 0.102 e. The molecule has 0 fully saturated rings. The molecule has 0 spiro atoms. The van der Waals surface area contributed by atoms with E-state index in [2.05, 4.69) is 21.2 Å². The van der Waals surface area contributed by atoms with E-state index in [4.69, 9.17) is 10.8 Å². The van der Waals surface area contributed by atoms with Crippen LogP contribution in [0, 0.1) is 0 Å². The summed E-state index contributed by atoms with van der Waals surface area (Å²) in [6.45, 7) is 1.50. The number of rotatable bonds is 4. The zero-order chi connectivity index (χ0) is 11.5. The van der Waals surface area contributed by atoms with E-state index in [9.17, 15) is 5.11 Å². The molecule has 0 saturated heterocycles. The third-order valence-corrected chi connectivity index (χ3v) is 2.51. The highest BCUT2D eigenvalue weighted by Crippen LogP contribution is 2.23. The van der Waals surface area contributed by atoms with Crippen LogP contribution in [0.5, 0.6) is 0 Å². The van der Waals surface area contributed by atoms with Gasteiger partial charge in [0.15, 0.2) is 0 Å². The van der Waals surface area contributed by atoms with Crippen molar-refractivity contribution in [2.75, 3.05) is 24.2 Å². The van der Waals surface area contributed by atoms with Crippen molar-refractivity contribution in [2.24, 2.45) is 0 Å². The van der Waals surface area contributed by atoms with Gasteiger partial charge < -0.3 is 21.3 Å². The van der Waals surface area contributed by atoms with Crippen LogP contribution in [0.15, 0.2) is 22.7 Å². The maximum atomic E-state index is 9.57. The predicted octanol–water partition coefficient (Wildman–Crippen LogP) is 1.19. The molecule has 1 unspecified atom stereocenters. The fourth-order valence-electron chi connectivity index (χ4n) is 1.04. The SMILES string of the molecule is CC(O)(CO)CNc1ccc(Br)cc1N. The lowest BCUT2D eigenvalue weighted by Gasteiger charge is -2.21. The van der Waals surface area contributed by atoms with Crippen LogP contribution in [0.25, 0.3) is 0 Å². The minimum Gasteiger partial charge on any atom is -0.397 e. The van der Waals surface area contributed by atoms with Gasteiger partial charge in [-0.25, -0.2) is 0 Å². The zero-order valence-corrected chi connectivity index (χ0v) is 10.1. The zero-order valence-electron chi connectivity index (χ0n) is 8.50. The minimum absolute atomic E-state index is 0.245. The average Bonchev–Trinajstić information content (AvgIpc) is 2.16. The summed E-state index contributed by atoms with van der Waals surface area (Å²) in [6, 6.07) is 5.44. The third-order valence-electron chi connectivity index (χ3n) is 2.01. The standard InChI is InChI=1S/C10H15BrN2O2/c1-10(15,6-14)5-13-9-3-2-7(11)4-8(9)12/h2-4,13-15H,5-6,12H2,1H3. The molecule has 0 amide bonds. The molecule has 0 aliphatic heterocycles. The van der Waals surface area contributed by atoms with Crippen LogP contribution in [0.3, 0.4) is 0 Å². The average molecular weight is 275 g/mol. The molecule has 0 aliphatic carbocycles. The number of halogens is 1. The largest absolute Gasteiger partial charge is 0.397 e. The Morgan fingerprint density at radius 2 is 2.20 bits per heavy atom. The summed E-state index contributed by atoms with van der Waals surface area (Å²) in [5.41, 5.74) is 5.95. The topological polar surface area (TPSA) is 78.5 Å². The Morgan fingerprint density at radius 3 is 2.73 bits per heavy atom. The predicted molar refractivity (Wildman–Crippen MR) is 64.8 cm³/mol. The van der Waals surface area contributed by atoms with Gasteiger partial charge in [-0.2, -0.15) is 0 Å². The van der Waals surface area contributed by atoms with E-state index < -0.39 is 5.60 Å². The first kappa shape index (κ1) is 12.3. The fourth-order valence-corrected chi connectivity index (χ4v) is 1.41. The number of benzene rings is 1. The van der Waals surface area contributed by atoms with Crippen LogP contribution in [0.4, 0.5) is 11.4 Å². The van der Waals surface area contributed by atoms with E-state index in [1.165, 1.54) is 0 Å². The van der Waals surface area contributed by atoms with Gasteiger partial charge in [-0.15, -0.1) is 0 Å². The summed E-state index contributed by atoms with van der Waals surface area (Å²) in [4.78, 5) is 0. The molecule has 0 bridgehead atoms. The molecule has 0 aromatic heterocycles. The second-order valence-corrected chi connectivity index (χ2v) is 4.66. The van der Waals surface area contributed by atoms with E-state index in [-0.39, 0.29) is 13.2 Å². The highest BCUT2D eigenvalue weighted by molar-refractivity contribution is 9.10. The van der Waals surface area contributed by atoms with Crippen molar-refractivity contribution in [3.8, 4) is 0 Å². The summed E-state index contributed by atoms with van der Waals surface area (Å²) in [7, 11) is 0. The lowest BCUT2D eigenvalue weighted by Crippen LogP contribution is -2.37. The molecule has 1 aromatic carbocycles. The van der Waals surface area contributed by atoms with Crippen LogP contribution in [0.1, 0.15) is 6.92 Å². The fraction of sp³-hybridized carbons (Fsp3) is 0.400. The summed E-state index contributed by atoms with van der Waals surface area (Å²) in [6.07, 6.45) is 0. The van der Waals surface area contributed by atoms with E-state index >= 15 is 0 Å². The molecule has 5 N–H and O–H groups in total. The van der Waals surface area contributed by atoms with Gasteiger partial charge in [-0.1, -0.05) is 15.9 Å². The van der Waals surface area contributed by atoms with Gasteiger partial charge in [-0.3, -0.25) is 0 Å². The normalized spacial score (nSPS) is 14.7. The van der Waals surface area contributed by atoms with Gasteiger partial charge in [0.25, 0.3) is 0 Å². The molecule has 0 heterocycles. The van der Waals surface area contributed by atoms with Crippen molar-refractivity contribution in [3.05, 3.63) is 22.7 Å². The molecular formula is C10H15BrN2O2. The summed E-state index contributed by atoms with van der Waals surface area (Å²) in [5, 5.41) is 21.4. The number of hydrogen-bond donors (Lipinski definition) is 4. The highest BCUT2D eigenvalue weighted by atomic mass is 79.9. The van der Waals surface area contributed by atoms with Crippen LogP contribution >= 0.6 is 15.9 Å². The van der Waals surface area contributed by atoms with Crippen molar-refractivity contribution >= 4 is 27.3 Å². The van der Waals surface area contributed by atoms with Gasteiger partial charge in [0, 0.05) is 11.0 Å². The first-order chi connectivity index (χ1) is 6.94. The van der Waals surface area contributed by atoms with E-state index in [0.717, 1.165) is 10.2 Å². The van der Waals surface area contributed by atoms with Crippen LogP contribution in [-0.4, -0.2) is 29.0 Å². The van der Waals surface area contributed by atoms with Crippen molar-refractivity contribution < 1.29 is 10.2 Å². The number of nitrogens with one attached hydrogen (secondary N) is 1. The molecule has 1 rings (SSSR count). The summed E-state index contributed by atoms with van der Waals surface area (Å²) >= 11 is 3.30. The van der Waals surface area contributed by atoms with E-state index in [1.807, 2.05) is 12.1 Å². The van der Waals surface area contributed by atoms with E-state index in [0.29, 0.717) is 5.69 Å². The second-order valence-electron chi connectivity index (χ2n) is 3.74. The monoisotopic (exact) mass is 274 g/mol. The van der Waals surface area contributed by atoms with Gasteiger partial charge in [0.05, 0.1) is 18.0 Å². The Hall–Kier alpha value is -0.780. The lowest BCUT2D eigenvalue weighted by atomic mass is 10.1. The molecule has 15 heavy (non-hydrogen) atoms. The van der Waals surface area contributed by atoms with Crippen LogP contribution < -0.4 is 11.1 Å². The van der Waals surface area contributed by atoms with Crippen LogP contribution in [0.2, 0.25) is 0 Å². The quantitative estimate of drug-likeness (QED) is 0.622. The van der Waals surface area contributed by atoms with Gasteiger partial charge in [0.2, 0.25) is 0 Å². The molecule has 0 saturated carbocycles. The van der Waals surface area contributed by atoms with Crippen molar-refractivity contribution in [3.63, 3.8) is 0 Å². The first-order valence-corrected chi connectivity index (χ1v) is 5.36. The molecule has 5 heteroatoms. The summed E-state index contributed by atoms with van der Waals surface area (Å²) in [5.74, 6) is 0. The molecule has 1 aromatic rings. The maximum absolute atomic E-state index is 9.57. The van der Waals surface area contributed by atoms with Crippen molar-refractivity contribution in [2.45, 2.75) is 12.5 Å². The van der Waals surface area contributed by atoms with Crippen molar-refractivity contribution in [1.82, 2.24) is 0 Å². The molecule has 84 valence electrons. The second kappa shape index (κ2) is 4.83. The molecule has 0 aliphatic rings. The minimum atomic E-state index is -1.14. The lowest BCUT2D eigenvalue weighted by molar-refractivity contribution is 0.0132. The number of anilines is 2. The highest BCUT2D eigenvalue weighted by Gasteiger charge is 2.18. The first-order valence-electron chi connectivity index (χ1n) is 4.57. The molecule has 0 radical (unpaired) electrons. The molecular weight excluding hydrogens is 260 g/mol. The number of nitrogen functional groups attached to an aromatic ring is 1. The number of aliphatic hydroxyl groups excluding tert-OH is 1. The van der Waals surface area contributed by atoms with Gasteiger partial charge >= 0.3 is 0 Å². The molecule has 1 atom stereocenters. The Bertz CT molecular complexity index is 342. The summed E-state index contributed by atoms with van der Waals surface area (Å²) < 4.78 is 0.902. The Labute approximate surface area is 97.2 Å². The van der Waals surface area contributed by atoms with Gasteiger partial charge in [0.1, 0.15) is 5.60 Å². The number of aliphatic hydroxyl groups is 2. The van der Waals surface area contributed by atoms with Gasteiger partial charge in [-0.05, 0) is 25.1 Å². The third kappa shape index (κ3) is 3.70. The Morgan fingerprint density at radius 1 is 1.53 bits per heavy atom. The molecule has 4 nitrogen and oxygen atoms in total.